The van der Waals surface area contributed by atoms with Crippen molar-refractivity contribution in [1.29, 1.82) is 0 Å². The third kappa shape index (κ3) is 4.67. The SMILES string of the molecule is Cc1ccc(C)c(OCCC(=O)Nc2ccc(-c3nccs3)cc2)c1. The molecule has 1 N–H and O–H groups in total. The van der Waals surface area contributed by atoms with Gasteiger partial charge in [0.2, 0.25) is 5.91 Å². The fraction of sp³-hybridized carbons (Fsp3) is 0.200. The molecule has 25 heavy (non-hydrogen) atoms. The Morgan fingerprint density at radius 1 is 1.16 bits per heavy atom. The van der Waals surface area contributed by atoms with E-state index in [4.69, 9.17) is 4.74 Å². The lowest BCUT2D eigenvalue weighted by Crippen LogP contribution is -2.15. The van der Waals surface area contributed by atoms with Gasteiger partial charge in [-0.3, -0.25) is 4.79 Å². The number of aryl methyl sites for hydroxylation is 2. The highest BCUT2D eigenvalue weighted by Gasteiger charge is 2.06. The lowest BCUT2D eigenvalue weighted by atomic mass is 10.1. The summed E-state index contributed by atoms with van der Waals surface area (Å²) in [4.78, 5) is 16.3. The minimum atomic E-state index is -0.0627. The van der Waals surface area contributed by atoms with Crippen molar-refractivity contribution in [2.45, 2.75) is 20.3 Å². The number of amides is 1. The van der Waals surface area contributed by atoms with E-state index in [2.05, 4.69) is 10.3 Å². The smallest absolute Gasteiger partial charge is 0.227 e. The summed E-state index contributed by atoms with van der Waals surface area (Å²) in [5.41, 5.74) is 4.04. The van der Waals surface area contributed by atoms with Gasteiger partial charge in [-0.2, -0.15) is 0 Å². The van der Waals surface area contributed by atoms with Gasteiger partial charge in [0, 0.05) is 22.8 Å². The van der Waals surface area contributed by atoms with Crippen molar-refractivity contribution in [2.75, 3.05) is 11.9 Å². The molecule has 0 bridgehead atoms. The molecular weight excluding hydrogens is 332 g/mol. The van der Waals surface area contributed by atoms with Crippen molar-refractivity contribution >= 4 is 22.9 Å². The maximum absolute atomic E-state index is 12.1. The van der Waals surface area contributed by atoms with Gasteiger partial charge in [0.1, 0.15) is 10.8 Å². The highest BCUT2D eigenvalue weighted by molar-refractivity contribution is 7.13. The summed E-state index contributed by atoms with van der Waals surface area (Å²) in [7, 11) is 0. The summed E-state index contributed by atoms with van der Waals surface area (Å²) < 4.78 is 5.73. The fourth-order valence-corrected chi connectivity index (χ4v) is 3.05. The van der Waals surface area contributed by atoms with Crippen molar-refractivity contribution in [2.24, 2.45) is 0 Å². The monoisotopic (exact) mass is 352 g/mol. The molecule has 3 aromatic rings. The van der Waals surface area contributed by atoms with E-state index in [0.29, 0.717) is 13.0 Å². The maximum Gasteiger partial charge on any atom is 0.227 e. The summed E-state index contributed by atoms with van der Waals surface area (Å²) in [6.45, 7) is 4.38. The number of thiazole rings is 1. The van der Waals surface area contributed by atoms with Gasteiger partial charge in [0.25, 0.3) is 0 Å². The number of benzene rings is 2. The Morgan fingerprint density at radius 2 is 1.96 bits per heavy atom. The van der Waals surface area contributed by atoms with E-state index >= 15 is 0 Å². The number of carbonyl (C=O) groups excluding carboxylic acids is 1. The van der Waals surface area contributed by atoms with Crippen LogP contribution in [0, 0.1) is 13.8 Å². The molecule has 4 nitrogen and oxygen atoms in total. The highest BCUT2D eigenvalue weighted by Crippen LogP contribution is 2.23. The van der Waals surface area contributed by atoms with Crippen LogP contribution < -0.4 is 10.1 Å². The molecule has 128 valence electrons. The zero-order valence-electron chi connectivity index (χ0n) is 14.3. The van der Waals surface area contributed by atoms with Crippen LogP contribution in [-0.2, 0) is 4.79 Å². The molecule has 1 heterocycles. The van der Waals surface area contributed by atoms with Crippen LogP contribution in [0.15, 0.2) is 54.0 Å². The molecule has 0 radical (unpaired) electrons. The van der Waals surface area contributed by atoms with Gasteiger partial charge in [0.15, 0.2) is 0 Å². The number of carbonyl (C=O) groups is 1. The second kappa shape index (κ2) is 7.94. The zero-order valence-corrected chi connectivity index (χ0v) is 15.1. The van der Waals surface area contributed by atoms with Crippen LogP contribution in [0.4, 0.5) is 5.69 Å². The van der Waals surface area contributed by atoms with Gasteiger partial charge < -0.3 is 10.1 Å². The molecule has 1 amide bonds. The number of nitrogens with one attached hydrogen (secondary N) is 1. The normalized spacial score (nSPS) is 10.5. The van der Waals surface area contributed by atoms with Crippen molar-refractivity contribution in [3.05, 3.63) is 65.2 Å². The molecule has 3 rings (SSSR count). The van der Waals surface area contributed by atoms with Crippen molar-refractivity contribution in [1.82, 2.24) is 4.98 Å². The van der Waals surface area contributed by atoms with E-state index in [0.717, 1.165) is 33.1 Å². The van der Waals surface area contributed by atoms with Gasteiger partial charge in [-0.15, -0.1) is 11.3 Å². The van der Waals surface area contributed by atoms with Gasteiger partial charge in [0.05, 0.1) is 13.0 Å². The van der Waals surface area contributed by atoms with Crippen LogP contribution in [0.25, 0.3) is 10.6 Å². The molecular formula is C20H20N2O2S. The Hall–Kier alpha value is -2.66. The lowest BCUT2D eigenvalue weighted by Gasteiger charge is -2.10. The van der Waals surface area contributed by atoms with Gasteiger partial charge >= 0.3 is 0 Å². The van der Waals surface area contributed by atoms with E-state index < -0.39 is 0 Å². The summed E-state index contributed by atoms with van der Waals surface area (Å²) in [6, 6.07) is 13.8. The maximum atomic E-state index is 12.1. The van der Waals surface area contributed by atoms with Crippen LogP contribution in [0.2, 0.25) is 0 Å². The van der Waals surface area contributed by atoms with Gasteiger partial charge in [-0.25, -0.2) is 4.98 Å². The second-order valence-electron chi connectivity index (χ2n) is 5.83. The zero-order chi connectivity index (χ0) is 17.6. The van der Waals surface area contributed by atoms with Gasteiger partial charge in [-0.05, 0) is 55.3 Å². The molecule has 0 aliphatic carbocycles. The fourth-order valence-electron chi connectivity index (χ4n) is 2.40. The summed E-state index contributed by atoms with van der Waals surface area (Å²) in [5.74, 6) is 0.771. The molecule has 1 aromatic heterocycles. The molecule has 0 aliphatic heterocycles. The number of anilines is 1. The number of aromatic nitrogens is 1. The predicted molar refractivity (Wildman–Crippen MR) is 102 cm³/mol. The predicted octanol–water partition coefficient (Wildman–Crippen LogP) is 4.83. The highest BCUT2D eigenvalue weighted by atomic mass is 32.1. The van der Waals surface area contributed by atoms with E-state index in [1.165, 1.54) is 0 Å². The summed E-state index contributed by atoms with van der Waals surface area (Å²) >= 11 is 1.59. The molecule has 0 fully saturated rings. The molecule has 0 atom stereocenters. The standard InChI is InChI=1S/C20H20N2O2S/c1-14-3-4-15(2)18(13-14)24-11-9-19(23)22-17-7-5-16(6-8-17)20-21-10-12-25-20/h3-8,10,12-13H,9,11H2,1-2H3,(H,22,23). The van der Waals surface area contributed by atoms with E-state index in [1.807, 2.05) is 61.7 Å². The molecule has 2 aromatic carbocycles. The van der Waals surface area contributed by atoms with E-state index in [9.17, 15) is 4.79 Å². The first-order chi connectivity index (χ1) is 12.1. The van der Waals surface area contributed by atoms with E-state index in [-0.39, 0.29) is 5.91 Å². The second-order valence-corrected chi connectivity index (χ2v) is 6.72. The number of hydrogen-bond donors (Lipinski definition) is 1. The average molecular weight is 352 g/mol. The quantitative estimate of drug-likeness (QED) is 0.691. The van der Waals surface area contributed by atoms with Crippen LogP contribution in [-0.4, -0.2) is 17.5 Å². The van der Waals surface area contributed by atoms with Crippen molar-refractivity contribution < 1.29 is 9.53 Å². The average Bonchev–Trinajstić information content (AvgIpc) is 3.13. The van der Waals surface area contributed by atoms with Crippen molar-refractivity contribution in [3.63, 3.8) is 0 Å². The van der Waals surface area contributed by atoms with Crippen LogP contribution in [0.3, 0.4) is 0 Å². The molecule has 5 heteroatoms. The Morgan fingerprint density at radius 3 is 2.68 bits per heavy atom. The van der Waals surface area contributed by atoms with E-state index in [1.54, 1.807) is 17.5 Å². The lowest BCUT2D eigenvalue weighted by molar-refractivity contribution is -0.116. The van der Waals surface area contributed by atoms with Gasteiger partial charge in [-0.1, -0.05) is 12.1 Å². The number of nitrogens with zero attached hydrogens (tertiary/aromatic N) is 1. The first-order valence-electron chi connectivity index (χ1n) is 8.11. The summed E-state index contributed by atoms with van der Waals surface area (Å²) in [5, 5.41) is 5.81. The third-order valence-electron chi connectivity index (χ3n) is 3.78. The Kier molecular flexibility index (Phi) is 5.46. The summed E-state index contributed by atoms with van der Waals surface area (Å²) in [6.07, 6.45) is 2.09. The largest absolute Gasteiger partial charge is 0.493 e. The number of ether oxygens (including phenoxy) is 1. The topological polar surface area (TPSA) is 51.2 Å². The minimum absolute atomic E-state index is 0.0627. The Labute approximate surface area is 151 Å². The van der Waals surface area contributed by atoms with Crippen LogP contribution >= 0.6 is 11.3 Å². The van der Waals surface area contributed by atoms with Crippen LogP contribution in [0.5, 0.6) is 5.75 Å². The Bertz CT molecular complexity index is 843. The molecule has 0 spiro atoms. The Balaban J connectivity index is 1.50. The molecule has 0 unspecified atom stereocenters. The number of rotatable bonds is 6. The third-order valence-corrected chi connectivity index (χ3v) is 4.60. The van der Waals surface area contributed by atoms with Crippen molar-refractivity contribution in [3.8, 4) is 16.3 Å². The first kappa shape index (κ1) is 17.2. The molecule has 0 aliphatic rings. The first-order valence-corrected chi connectivity index (χ1v) is 8.99. The van der Waals surface area contributed by atoms with Crippen LogP contribution in [0.1, 0.15) is 17.5 Å². The molecule has 0 saturated carbocycles. The number of hydrogen-bond acceptors (Lipinski definition) is 4. The minimum Gasteiger partial charge on any atom is -0.493 e. The molecule has 0 saturated heterocycles.